The number of benzene rings is 3. The molecule has 0 radical (unpaired) electrons. The number of carbonyl (C=O) groups excluding carboxylic acids is 1. The summed E-state index contributed by atoms with van der Waals surface area (Å²) < 4.78 is 24.7. The topological polar surface area (TPSA) is 94.5 Å². The van der Waals surface area contributed by atoms with Crippen LogP contribution in [-0.2, 0) is 9.16 Å². The lowest BCUT2D eigenvalue weighted by Crippen LogP contribution is -2.67. The lowest BCUT2D eigenvalue weighted by Gasteiger charge is -2.44. The maximum atomic E-state index is 12.9. The maximum absolute atomic E-state index is 12.9. The number of hydrogen-bond donors (Lipinski definition) is 1. The normalized spacial score (nSPS) is 20.0. The van der Waals surface area contributed by atoms with E-state index in [1.54, 1.807) is 26.0 Å². The number of amides is 1. The van der Waals surface area contributed by atoms with Gasteiger partial charge < -0.3 is 23.7 Å². The molecular weight excluding hydrogens is 550 g/mol. The van der Waals surface area contributed by atoms with Crippen molar-refractivity contribution < 1.29 is 33.3 Å². The Balaban J connectivity index is 1.44. The minimum atomic E-state index is -2.88. The van der Waals surface area contributed by atoms with E-state index >= 15 is 0 Å². The SMILES string of the molecule is Cc1cc(OC[C@H]2C[C@@H](O[Si](c3ccccc3)(c3ccccc3)C(C)(C)C)CN2C(=O)O)c2c(c1)OC(C)(C)OC2=O. The summed E-state index contributed by atoms with van der Waals surface area (Å²) in [7, 11) is -2.88. The number of rotatable bonds is 7. The quantitative estimate of drug-likeness (QED) is 0.293. The van der Waals surface area contributed by atoms with Crippen LogP contribution in [0.3, 0.4) is 0 Å². The van der Waals surface area contributed by atoms with Crippen molar-refractivity contribution in [2.45, 2.75) is 70.9 Å². The van der Waals surface area contributed by atoms with Crippen molar-refractivity contribution in [3.05, 3.63) is 83.9 Å². The zero-order valence-corrected chi connectivity index (χ0v) is 26.0. The Bertz CT molecular complexity index is 1410. The number of esters is 1. The number of carbonyl (C=O) groups is 2. The summed E-state index contributed by atoms with van der Waals surface area (Å²) in [6.45, 7) is 12.1. The molecule has 222 valence electrons. The number of aryl methyl sites for hydroxylation is 1. The van der Waals surface area contributed by atoms with Crippen molar-refractivity contribution in [2.75, 3.05) is 13.2 Å². The van der Waals surface area contributed by atoms with E-state index in [4.69, 9.17) is 18.6 Å². The van der Waals surface area contributed by atoms with Gasteiger partial charge in [-0.15, -0.1) is 0 Å². The van der Waals surface area contributed by atoms with Crippen molar-refractivity contribution in [3.8, 4) is 11.5 Å². The molecule has 0 unspecified atom stereocenters. The van der Waals surface area contributed by atoms with Crippen molar-refractivity contribution in [2.24, 2.45) is 0 Å². The lowest BCUT2D eigenvalue weighted by molar-refractivity contribution is -0.127. The zero-order valence-electron chi connectivity index (χ0n) is 25.0. The van der Waals surface area contributed by atoms with Gasteiger partial charge in [0.15, 0.2) is 0 Å². The summed E-state index contributed by atoms with van der Waals surface area (Å²) in [6.07, 6.45) is -0.923. The van der Waals surface area contributed by atoms with Crippen LogP contribution in [-0.4, -0.2) is 61.5 Å². The van der Waals surface area contributed by atoms with Crippen LogP contribution in [0.5, 0.6) is 11.5 Å². The van der Waals surface area contributed by atoms with Crippen LogP contribution < -0.4 is 19.8 Å². The molecule has 1 N–H and O–H groups in total. The first-order valence-electron chi connectivity index (χ1n) is 14.3. The highest BCUT2D eigenvalue weighted by Crippen LogP contribution is 2.40. The molecule has 0 spiro atoms. The molecule has 0 bridgehead atoms. The molecule has 0 aromatic heterocycles. The van der Waals surface area contributed by atoms with Gasteiger partial charge in [-0.2, -0.15) is 0 Å². The fourth-order valence-corrected chi connectivity index (χ4v) is 10.8. The van der Waals surface area contributed by atoms with E-state index < -0.39 is 32.2 Å². The lowest BCUT2D eigenvalue weighted by atomic mass is 10.1. The maximum Gasteiger partial charge on any atom is 0.407 e. The van der Waals surface area contributed by atoms with Gasteiger partial charge in [-0.05, 0) is 46.5 Å². The van der Waals surface area contributed by atoms with E-state index in [1.807, 2.05) is 43.3 Å². The number of carboxylic acid groups (broad SMARTS) is 1. The first-order chi connectivity index (χ1) is 19.8. The van der Waals surface area contributed by atoms with Crippen molar-refractivity contribution in [1.82, 2.24) is 4.90 Å². The fraction of sp³-hybridized carbons (Fsp3) is 0.394. The second kappa shape index (κ2) is 11.1. The Kier molecular flexibility index (Phi) is 7.85. The van der Waals surface area contributed by atoms with Gasteiger partial charge in [0.2, 0.25) is 5.79 Å². The van der Waals surface area contributed by atoms with Gasteiger partial charge in [0.1, 0.15) is 23.7 Å². The van der Waals surface area contributed by atoms with Gasteiger partial charge in [0.05, 0.1) is 12.1 Å². The molecule has 0 aliphatic carbocycles. The molecule has 3 aromatic carbocycles. The van der Waals surface area contributed by atoms with Crippen LogP contribution in [0.4, 0.5) is 4.79 Å². The molecule has 2 heterocycles. The minimum absolute atomic E-state index is 0.0550. The number of ether oxygens (including phenoxy) is 3. The van der Waals surface area contributed by atoms with Gasteiger partial charge in [-0.1, -0.05) is 81.4 Å². The largest absolute Gasteiger partial charge is 0.490 e. The summed E-state index contributed by atoms with van der Waals surface area (Å²) in [5, 5.41) is 12.2. The average Bonchev–Trinajstić information content (AvgIpc) is 3.32. The van der Waals surface area contributed by atoms with Gasteiger partial charge in [0.25, 0.3) is 8.32 Å². The highest BCUT2D eigenvalue weighted by atomic mass is 28.4. The molecular formula is C33H39NO7Si. The Morgan fingerprint density at radius 1 is 1.02 bits per heavy atom. The summed E-state index contributed by atoms with van der Waals surface area (Å²) in [5.41, 5.74) is 1.06. The van der Waals surface area contributed by atoms with Crippen LogP contribution in [0, 0.1) is 6.92 Å². The highest BCUT2D eigenvalue weighted by Gasteiger charge is 2.53. The number of likely N-dealkylation sites (tertiary alicyclic amines) is 1. The molecule has 42 heavy (non-hydrogen) atoms. The van der Waals surface area contributed by atoms with Gasteiger partial charge in [-0.25, -0.2) is 9.59 Å². The predicted octanol–water partition coefficient (Wildman–Crippen LogP) is 5.36. The Morgan fingerprint density at radius 3 is 2.17 bits per heavy atom. The van der Waals surface area contributed by atoms with Gasteiger partial charge in [0, 0.05) is 20.4 Å². The Labute approximate surface area is 248 Å². The number of hydrogen-bond acceptors (Lipinski definition) is 6. The average molecular weight is 590 g/mol. The minimum Gasteiger partial charge on any atom is -0.490 e. The second-order valence-corrected chi connectivity index (χ2v) is 16.8. The number of nitrogens with zero attached hydrogens (tertiary/aromatic N) is 1. The molecule has 3 aromatic rings. The monoisotopic (exact) mass is 589 g/mol. The molecule has 2 aliphatic heterocycles. The van der Waals surface area contributed by atoms with Crippen LogP contribution in [0.25, 0.3) is 0 Å². The van der Waals surface area contributed by atoms with E-state index in [-0.39, 0.29) is 29.9 Å². The third-order valence-electron chi connectivity index (χ3n) is 7.92. The van der Waals surface area contributed by atoms with E-state index in [0.29, 0.717) is 17.9 Å². The van der Waals surface area contributed by atoms with Crippen LogP contribution in [0.2, 0.25) is 5.04 Å². The van der Waals surface area contributed by atoms with E-state index in [1.165, 1.54) is 4.90 Å². The van der Waals surface area contributed by atoms with E-state index in [2.05, 4.69) is 45.0 Å². The molecule has 1 saturated heterocycles. The Hall–Kier alpha value is -3.82. The molecule has 1 amide bonds. The summed E-state index contributed by atoms with van der Waals surface area (Å²) in [4.78, 5) is 26.7. The van der Waals surface area contributed by atoms with Crippen LogP contribution in [0.1, 0.15) is 57.0 Å². The third-order valence-corrected chi connectivity index (χ3v) is 13.0. The van der Waals surface area contributed by atoms with Crippen molar-refractivity contribution >= 4 is 30.8 Å². The van der Waals surface area contributed by atoms with E-state index in [0.717, 1.165) is 15.9 Å². The summed E-state index contributed by atoms with van der Waals surface area (Å²) in [5.74, 6) is -0.926. The Morgan fingerprint density at radius 2 is 1.62 bits per heavy atom. The molecule has 8 nitrogen and oxygen atoms in total. The predicted molar refractivity (Wildman–Crippen MR) is 162 cm³/mol. The van der Waals surface area contributed by atoms with Gasteiger partial charge >= 0.3 is 12.1 Å². The first-order valence-corrected chi connectivity index (χ1v) is 16.2. The fourth-order valence-electron chi connectivity index (χ4n) is 6.16. The molecule has 0 saturated carbocycles. The van der Waals surface area contributed by atoms with Crippen LogP contribution in [0.15, 0.2) is 72.8 Å². The standard InChI is InChI=1S/C33H39NO7Si/c1-22-17-27(29-28(18-22)39-33(5,6)40-30(29)35)38-21-23-19-24(20-34(23)31(36)37)41-42(32(2,3)4,25-13-9-7-10-14-25)26-15-11-8-12-16-26/h7-18,23-24H,19-21H2,1-6H3,(H,36,37)/t23-,24-/m1/s1. The molecule has 5 rings (SSSR count). The molecule has 2 aliphatic rings. The second-order valence-electron chi connectivity index (χ2n) is 12.6. The van der Waals surface area contributed by atoms with Crippen molar-refractivity contribution in [3.63, 3.8) is 0 Å². The van der Waals surface area contributed by atoms with Gasteiger partial charge in [-0.3, -0.25) is 4.90 Å². The van der Waals surface area contributed by atoms with Crippen molar-refractivity contribution in [1.29, 1.82) is 0 Å². The molecule has 1 fully saturated rings. The third kappa shape index (κ3) is 5.63. The molecule has 9 heteroatoms. The number of fused-ring (bicyclic) bond motifs is 1. The smallest absolute Gasteiger partial charge is 0.407 e. The highest BCUT2D eigenvalue weighted by molar-refractivity contribution is 6.99. The molecule has 2 atom stereocenters. The zero-order chi connectivity index (χ0) is 30.3. The summed E-state index contributed by atoms with van der Waals surface area (Å²) >= 11 is 0. The van der Waals surface area contributed by atoms with Crippen LogP contribution >= 0.6 is 0 Å². The number of cyclic esters (lactones) is 1. The first kappa shape index (κ1) is 29.7. The summed E-state index contributed by atoms with van der Waals surface area (Å²) in [6, 6.07) is 23.7. The van der Waals surface area contributed by atoms with E-state index in [9.17, 15) is 14.7 Å².